The Morgan fingerprint density at radius 2 is 1.81 bits per heavy atom. The lowest BCUT2D eigenvalue weighted by Crippen LogP contribution is -2.51. The maximum Gasteiger partial charge on any atom is 0.191 e. The van der Waals surface area contributed by atoms with Crippen molar-refractivity contribution in [1.29, 1.82) is 0 Å². The molecule has 1 aliphatic rings. The molecular formula is C20H23FN6. The third-order valence-corrected chi connectivity index (χ3v) is 4.85. The first-order chi connectivity index (χ1) is 13.1. The van der Waals surface area contributed by atoms with E-state index in [1.807, 2.05) is 41.1 Å². The van der Waals surface area contributed by atoms with Gasteiger partial charge in [-0.2, -0.15) is 0 Å². The third kappa shape index (κ3) is 3.86. The van der Waals surface area contributed by atoms with Gasteiger partial charge in [0.2, 0.25) is 0 Å². The van der Waals surface area contributed by atoms with Crippen molar-refractivity contribution in [2.24, 2.45) is 10.7 Å². The minimum atomic E-state index is -0.212. The highest BCUT2D eigenvalue weighted by Gasteiger charge is 2.18. The smallest absolute Gasteiger partial charge is 0.191 e. The van der Waals surface area contributed by atoms with E-state index in [9.17, 15) is 4.39 Å². The van der Waals surface area contributed by atoms with E-state index in [1.54, 1.807) is 0 Å². The second-order valence-electron chi connectivity index (χ2n) is 6.83. The lowest BCUT2D eigenvalue weighted by Gasteiger charge is -2.36. The number of halogens is 1. The summed E-state index contributed by atoms with van der Waals surface area (Å²) < 4.78 is 15.1. The second-order valence-corrected chi connectivity index (χ2v) is 6.83. The minimum absolute atomic E-state index is 0.212. The van der Waals surface area contributed by atoms with E-state index >= 15 is 0 Å². The van der Waals surface area contributed by atoms with Crippen LogP contribution in [0.4, 0.5) is 10.1 Å². The van der Waals surface area contributed by atoms with Gasteiger partial charge in [-0.1, -0.05) is 6.07 Å². The Labute approximate surface area is 157 Å². The number of aliphatic imine (C=N–C) groups is 1. The average molecular weight is 366 g/mol. The average Bonchev–Trinajstić information content (AvgIpc) is 3.09. The zero-order valence-corrected chi connectivity index (χ0v) is 15.3. The molecule has 1 saturated heterocycles. The molecule has 0 saturated carbocycles. The number of anilines is 1. The molecule has 1 aliphatic heterocycles. The molecule has 7 heteroatoms. The van der Waals surface area contributed by atoms with Crippen molar-refractivity contribution >= 4 is 17.3 Å². The normalized spacial score (nSPS) is 15.6. The van der Waals surface area contributed by atoms with Crippen LogP contribution in [0, 0.1) is 12.7 Å². The van der Waals surface area contributed by atoms with Crippen molar-refractivity contribution < 1.29 is 4.39 Å². The Morgan fingerprint density at radius 1 is 1.07 bits per heavy atom. The maximum absolute atomic E-state index is 13.1. The van der Waals surface area contributed by atoms with Crippen LogP contribution in [-0.4, -0.2) is 46.4 Å². The van der Waals surface area contributed by atoms with Crippen LogP contribution in [0.5, 0.6) is 0 Å². The van der Waals surface area contributed by atoms with Crippen molar-refractivity contribution in [3.63, 3.8) is 0 Å². The molecule has 0 radical (unpaired) electrons. The molecule has 0 unspecified atom stereocenters. The molecule has 4 rings (SSSR count). The minimum Gasteiger partial charge on any atom is -0.370 e. The number of rotatable bonds is 3. The highest BCUT2D eigenvalue weighted by Crippen LogP contribution is 2.17. The van der Waals surface area contributed by atoms with E-state index in [0.29, 0.717) is 12.5 Å². The van der Waals surface area contributed by atoms with Crippen molar-refractivity contribution in [2.45, 2.75) is 13.5 Å². The molecule has 3 aromatic rings. The van der Waals surface area contributed by atoms with Crippen molar-refractivity contribution in [2.75, 3.05) is 31.1 Å². The molecule has 1 fully saturated rings. The summed E-state index contributed by atoms with van der Waals surface area (Å²) in [5.74, 6) is 0.331. The lowest BCUT2D eigenvalue weighted by atomic mass is 10.2. The summed E-state index contributed by atoms with van der Waals surface area (Å²) in [4.78, 5) is 13.4. The number of aromatic nitrogens is 2. The third-order valence-electron chi connectivity index (χ3n) is 4.85. The van der Waals surface area contributed by atoms with Crippen LogP contribution in [0.2, 0.25) is 0 Å². The molecule has 0 atom stereocenters. The van der Waals surface area contributed by atoms with Gasteiger partial charge in [-0.3, -0.25) is 0 Å². The molecule has 2 N–H and O–H groups in total. The summed E-state index contributed by atoms with van der Waals surface area (Å²) in [5.41, 5.74) is 10.2. The summed E-state index contributed by atoms with van der Waals surface area (Å²) in [6, 6.07) is 10.7. The summed E-state index contributed by atoms with van der Waals surface area (Å²) in [6.07, 6.45) is 4.04. The van der Waals surface area contributed by atoms with Crippen LogP contribution in [0.3, 0.4) is 0 Å². The summed E-state index contributed by atoms with van der Waals surface area (Å²) in [6.45, 7) is 5.75. The number of piperazine rings is 1. The SMILES string of the molecule is Cc1ccc2nc(CN=C(N)N3CCN(c4ccc(F)cc4)CC3)cn2c1. The largest absolute Gasteiger partial charge is 0.370 e. The van der Waals surface area contributed by atoms with Crippen LogP contribution in [0.25, 0.3) is 5.65 Å². The van der Waals surface area contributed by atoms with Gasteiger partial charge in [0.25, 0.3) is 0 Å². The van der Waals surface area contributed by atoms with Crippen LogP contribution in [0.15, 0.2) is 53.8 Å². The zero-order valence-electron chi connectivity index (χ0n) is 15.3. The summed E-state index contributed by atoms with van der Waals surface area (Å²) in [7, 11) is 0. The Morgan fingerprint density at radius 3 is 2.56 bits per heavy atom. The highest BCUT2D eigenvalue weighted by atomic mass is 19.1. The quantitative estimate of drug-likeness (QED) is 0.571. The number of nitrogens with zero attached hydrogens (tertiary/aromatic N) is 5. The maximum atomic E-state index is 13.1. The van der Waals surface area contributed by atoms with Gasteiger partial charge in [0.15, 0.2) is 5.96 Å². The van der Waals surface area contributed by atoms with Gasteiger partial charge < -0.3 is 19.9 Å². The highest BCUT2D eigenvalue weighted by molar-refractivity contribution is 5.78. The number of fused-ring (bicyclic) bond motifs is 1. The Bertz CT molecular complexity index is 954. The summed E-state index contributed by atoms with van der Waals surface area (Å²) in [5, 5.41) is 0. The molecule has 0 bridgehead atoms. The van der Waals surface area contributed by atoms with Crippen LogP contribution in [0.1, 0.15) is 11.3 Å². The topological polar surface area (TPSA) is 62.2 Å². The number of nitrogens with two attached hydrogens (primary N) is 1. The van der Waals surface area contributed by atoms with E-state index in [2.05, 4.69) is 26.7 Å². The Hall–Kier alpha value is -3.09. The molecule has 0 spiro atoms. The first-order valence-corrected chi connectivity index (χ1v) is 9.08. The molecule has 2 aromatic heterocycles. The lowest BCUT2D eigenvalue weighted by molar-refractivity contribution is 0.380. The molecule has 0 amide bonds. The number of benzene rings is 1. The van der Waals surface area contributed by atoms with Gasteiger partial charge >= 0.3 is 0 Å². The Balaban J connectivity index is 1.36. The van der Waals surface area contributed by atoms with Crippen molar-refractivity contribution in [1.82, 2.24) is 14.3 Å². The van der Waals surface area contributed by atoms with Gasteiger partial charge in [0.05, 0.1) is 12.2 Å². The van der Waals surface area contributed by atoms with Crippen LogP contribution < -0.4 is 10.6 Å². The van der Waals surface area contributed by atoms with Crippen molar-refractivity contribution in [3.8, 4) is 0 Å². The number of hydrogen-bond donors (Lipinski definition) is 1. The first-order valence-electron chi connectivity index (χ1n) is 9.08. The molecule has 1 aromatic carbocycles. The molecule has 3 heterocycles. The monoisotopic (exact) mass is 366 g/mol. The van der Waals surface area contributed by atoms with E-state index in [4.69, 9.17) is 5.73 Å². The second kappa shape index (κ2) is 7.26. The van der Waals surface area contributed by atoms with Gasteiger partial charge in [0, 0.05) is 44.3 Å². The van der Waals surface area contributed by atoms with Crippen LogP contribution in [-0.2, 0) is 6.54 Å². The van der Waals surface area contributed by atoms with Gasteiger partial charge in [0.1, 0.15) is 11.5 Å². The number of hydrogen-bond acceptors (Lipinski definition) is 3. The zero-order chi connectivity index (χ0) is 18.8. The molecular weight excluding hydrogens is 343 g/mol. The molecule has 6 nitrogen and oxygen atoms in total. The fraction of sp³-hybridized carbons (Fsp3) is 0.300. The predicted octanol–water partition coefficient (Wildman–Crippen LogP) is 2.42. The van der Waals surface area contributed by atoms with Crippen LogP contribution >= 0.6 is 0 Å². The summed E-state index contributed by atoms with van der Waals surface area (Å²) >= 11 is 0. The van der Waals surface area contributed by atoms with Gasteiger partial charge in [-0.25, -0.2) is 14.4 Å². The van der Waals surface area contributed by atoms with Crippen molar-refractivity contribution in [3.05, 3.63) is 65.9 Å². The Kier molecular flexibility index (Phi) is 4.66. The fourth-order valence-corrected chi connectivity index (χ4v) is 3.34. The molecule has 140 valence electrons. The van der Waals surface area contributed by atoms with E-state index in [-0.39, 0.29) is 5.82 Å². The molecule has 0 aliphatic carbocycles. The first kappa shape index (κ1) is 17.3. The van der Waals surface area contributed by atoms with Gasteiger partial charge in [-0.15, -0.1) is 0 Å². The number of aryl methyl sites for hydroxylation is 1. The fourth-order valence-electron chi connectivity index (χ4n) is 3.34. The number of pyridine rings is 1. The molecule has 27 heavy (non-hydrogen) atoms. The number of imidazole rings is 1. The predicted molar refractivity (Wildman–Crippen MR) is 105 cm³/mol. The standard InChI is InChI=1S/C20H23FN6/c1-15-2-7-19-24-17(14-27(19)13-15)12-23-20(22)26-10-8-25(9-11-26)18-5-3-16(21)4-6-18/h2-7,13-14H,8-12H2,1H3,(H2,22,23). The van der Waals surface area contributed by atoms with Gasteiger partial charge in [-0.05, 0) is 42.8 Å². The number of guanidine groups is 1. The van der Waals surface area contributed by atoms with E-state index in [1.165, 1.54) is 17.7 Å². The van der Waals surface area contributed by atoms with E-state index < -0.39 is 0 Å². The van der Waals surface area contributed by atoms with E-state index in [0.717, 1.165) is 43.2 Å².